The summed E-state index contributed by atoms with van der Waals surface area (Å²) in [6.07, 6.45) is 3.17. The first-order valence-corrected chi connectivity index (χ1v) is 8.66. The highest BCUT2D eigenvalue weighted by Crippen LogP contribution is 2.33. The molecule has 23 heavy (non-hydrogen) atoms. The lowest BCUT2D eigenvalue weighted by molar-refractivity contribution is -0.122. The molecule has 1 aromatic carbocycles. The Bertz CT molecular complexity index is 501. The van der Waals surface area contributed by atoms with E-state index in [1.807, 2.05) is 6.07 Å². The number of aliphatic hydroxyl groups excluding tert-OH is 1. The van der Waals surface area contributed by atoms with Gasteiger partial charge >= 0.3 is 0 Å². The molecule has 0 aromatic heterocycles. The van der Waals surface area contributed by atoms with E-state index in [4.69, 9.17) is 4.74 Å². The van der Waals surface area contributed by atoms with Crippen LogP contribution in [0.4, 0.5) is 0 Å². The van der Waals surface area contributed by atoms with Gasteiger partial charge in [-0.25, -0.2) is 0 Å². The maximum absolute atomic E-state index is 12.1. The van der Waals surface area contributed by atoms with Crippen molar-refractivity contribution in [1.29, 1.82) is 0 Å². The molecule has 0 spiro atoms. The summed E-state index contributed by atoms with van der Waals surface area (Å²) in [4.78, 5) is 12.1. The lowest BCUT2D eigenvalue weighted by Crippen LogP contribution is -2.35. The zero-order valence-electron chi connectivity index (χ0n) is 14.3. The molecule has 0 saturated heterocycles. The minimum absolute atomic E-state index is 0.00890. The van der Waals surface area contributed by atoms with E-state index < -0.39 is 6.10 Å². The first kappa shape index (κ1) is 18.0. The van der Waals surface area contributed by atoms with Crippen LogP contribution in [0.3, 0.4) is 0 Å². The number of rotatable bonds is 8. The average Bonchev–Trinajstić information content (AvgIpc) is 2.53. The fourth-order valence-corrected chi connectivity index (χ4v) is 3.09. The largest absolute Gasteiger partial charge is 0.389 e. The predicted molar refractivity (Wildman–Crippen MR) is 91.4 cm³/mol. The Morgan fingerprint density at radius 2 is 2.13 bits per heavy atom. The number of hydrogen-bond acceptors (Lipinski definition) is 3. The number of fused-ring (bicyclic) bond motifs is 1. The number of ether oxygens (including phenoxy) is 1. The molecule has 2 N–H and O–H groups in total. The van der Waals surface area contributed by atoms with Crippen LogP contribution in [0.25, 0.3) is 0 Å². The van der Waals surface area contributed by atoms with E-state index in [1.165, 1.54) is 11.1 Å². The van der Waals surface area contributed by atoms with Gasteiger partial charge in [0.25, 0.3) is 0 Å². The SMILES string of the molecule is CC(C)COCC(O)CNC(=O)CC1CCCc2ccccc21. The summed E-state index contributed by atoms with van der Waals surface area (Å²) in [5.41, 5.74) is 2.69. The third-order valence-electron chi connectivity index (χ3n) is 4.22. The monoisotopic (exact) mass is 319 g/mol. The van der Waals surface area contributed by atoms with Crippen LogP contribution >= 0.6 is 0 Å². The maximum Gasteiger partial charge on any atom is 0.220 e. The third kappa shape index (κ3) is 5.96. The molecule has 1 amide bonds. The number of aliphatic hydroxyl groups is 1. The first-order valence-electron chi connectivity index (χ1n) is 8.66. The van der Waals surface area contributed by atoms with Crippen molar-refractivity contribution in [1.82, 2.24) is 5.32 Å². The van der Waals surface area contributed by atoms with Crippen LogP contribution in [0.15, 0.2) is 24.3 Å². The molecule has 2 unspecified atom stereocenters. The van der Waals surface area contributed by atoms with Crippen LogP contribution < -0.4 is 5.32 Å². The van der Waals surface area contributed by atoms with Crippen LogP contribution in [0, 0.1) is 5.92 Å². The number of amides is 1. The van der Waals surface area contributed by atoms with Crippen molar-refractivity contribution in [3.63, 3.8) is 0 Å². The van der Waals surface area contributed by atoms with E-state index in [0.29, 0.717) is 24.9 Å². The number of hydrogen-bond donors (Lipinski definition) is 2. The van der Waals surface area contributed by atoms with E-state index in [1.54, 1.807) is 0 Å². The van der Waals surface area contributed by atoms with E-state index in [2.05, 4.69) is 37.4 Å². The van der Waals surface area contributed by atoms with Gasteiger partial charge in [-0.05, 0) is 42.2 Å². The number of carbonyl (C=O) groups excluding carboxylic acids is 1. The fraction of sp³-hybridized carbons (Fsp3) is 0.632. The highest BCUT2D eigenvalue weighted by molar-refractivity contribution is 5.77. The average molecular weight is 319 g/mol. The van der Waals surface area contributed by atoms with Gasteiger partial charge in [0.15, 0.2) is 0 Å². The van der Waals surface area contributed by atoms with Crippen LogP contribution in [0.5, 0.6) is 0 Å². The molecule has 0 bridgehead atoms. The van der Waals surface area contributed by atoms with Crippen molar-refractivity contribution in [2.24, 2.45) is 5.92 Å². The van der Waals surface area contributed by atoms with Crippen LogP contribution in [-0.2, 0) is 16.0 Å². The smallest absolute Gasteiger partial charge is 0.220 e. The second kappa shape index (κ2) is 9.04. The fourth-order valence-electron chi connectivity index (χ4n) is 3.09. The van der Waals surface area contributed by atoms with E-state index in [9.17, 15) is 9.90 Å². The molecule has 0 aliphatic heterocycles. The highest BCUT2D eigenvalue weighted by atomic mass is 16.5. The van der Waals surface area contributed by atoms with Crippen LogP contribution in [-0.4, -0.2) is 36.9 Å². The Morgan fingerprint density at radius 3 is 2.91 bits per heavy atom. The second-order valence-electron chi connectivity index (χ2n) is 6.88. The van der Waals surface area contributed by atoms with Gasteiger partial charge in [0.1, 0.15) is 0 Å². The molecule has 1 aromatic rings. The predicted octanol–water partition coefficient (Wildman–Crippen LogP) is 2.65. The van der Waals surface area contributed by atoms with Crippen molar-refractivity contribution in [3.8, 4) is 0 Å². The summed E-state index contributed by atoms with van der Waals surface area (Å²) in [6, 6.07) is 8.41. The number of aryl methyl sites for hydroxylation is 1. The minimum Gasteiger partial charge on any atom is -0.389 e. The molecule has 2 atom stereocenters. The molecular weight excluding hydrogens is 290 g/mol. The van der Waals surface area contributed by atoms with Gasteiger partial charge in [-0.1, -0.05) is 38.1 Å². The molecule has 4 heteroatoms. The Labute approximate surface area is 139 Å². The molecule has 0 radical (unpaired) electrons. The molecule has 0 heterocycles. The molecule has 128 valence electrons. The number of carbonyl (C=O) groups is 1. The van der Waals surface area contributed by atoms with Crippen molar-refractivity contribution >= 4 is 5.91 Å². The maximum atomic E-state index is 12.1. The van der Waals surface area contributed by atoms with Gasteiger partial charge in [-0.3, -0.25) is 4.79 Å². The van der Waals surface area contributed by atoms with Crippen molar-refractivity contribution in [2.75, 3.05) is 19.8 Å². The molecule has 2 rings (SSSR count). The van der Waals surface area contributed by atoms with Crippen LogP contribution in [0.1, 0.15) is 50.2 Å². The summed E-state index contributed by atoms with van der Waals surface area (Å²) in [7, 11) is 0. The van der Waals surface area contributed by atoms with E-state index in [0.717, 1.165) is 19.3 Å². The zero-order chi connectivity index (χ0) is 16.7. The molecule has 0 fully saturated rings. The minimum atomic E-state index is -0.642. The Balaban J connectivity index is 1.73. The highest BCUT2D eigenvalue weighted by Gasteiger charge is 2.22. The third-order valence-corrected chi connectivity index (χ3v) is 4.22. The second-order valence-corrected chi connectivity index (χ2v) is 6.88. The molecule has 1 aliphatic rings. The van der Waals surface area contributed by atoms with Gasteiger partial charge in [0.05, 0.1) is 12.7 Å². The molecule has 4 nitrogen and oxygen atoms in total. The number of nitrogens with one attached hydrogen (secondary N) is 1. The first-order chi connectivity index (χ1) is 11.1. The summed E-state index contributed by atoms with van der Waals surface area (Å²) < 4.78 is 5.38. The topological polar surface area (TPSA) is 58.6 Å². The van der Waals surface area contributed by atoms with Gasteiger partial charge < -0.3 is 15.2 Å². The number of benzene rings is 1. The lowest BCUT2D eigenvalue weighted by atomic mass is 9.81. The van der Waals surface area contributed by atoms with Crippen molar-refractivity contribution < 1.29 is 14.6 Å². The summed E-state index contributed by atoms with van der Waals surface area (Å²) in [5, 5.41) is 12.7. The summed E-state index contributed by atoms with van der Waals surface area (Å²) in [6.45, 7) is 5.28. The van der Waals surface area contributed by atoms with Gasteiger partial charge in [0.2, 0.25) is 5.91 Å². The van der Waals surface area contributed by atoms with Gasteiger partial charge in [-0.15, -0.1) is 0 Å². The summed E-state index contributed by atoms with van der Waals surface area (Å²) >= 11 is 0. The van der Waals surface area contributed by atoms with Crippen molar-refractivity contribution in [3.05, 3.63) is 35.4 Å². The molecule has 1 aliphatic carbocycles. The lowest BCUT2D eigenvalue weighted by Gasteiger charge is -2.25. The summed E-state index contributed by atoms with van der Waals surface area (Å²) in [5.74, 6) is 0.757. The van der Waals surface area contributed by atoms with Gasteiger partial charge in [0, 0.05) is 19.6 Å². The normalized spacial score (nSPS) is 18.5. The Hall–Kier alpha value is -1.39. The zero-order valence-corrected chi connectivity index (χ0v) is 14.3. The molecular formula is C19H29NO3. The van der Waals surface area contributed by atoms with Crippen LogP contribution in [0.2, 0.25) is 0 Å². The van der Waals surface area contributed by atoms with Gasteiger partial charge in [-0.2, -0.15) is 0 Å². The van der Waals surface area contributed by atoms with E-state index in [-0.39, 0.29) is 19.1 Å². The van der Waals surface area contributed by atoms with E-state index >= 15 is 0 Å². The Kier molecular flexibility index (Phi) is 7.06. The standard InChI is InChI=1S/C19H29NO3/c1-14(2)12-23-13-17(21)11-20-19(22)10-16-8-5-7-15-6-3-4-9-18(15)16/h3-4,6,9,14,16-17,21H,5,7-8,10-13H2,1-2H3,(H,20,22). The van der Waals surface area contributed by atoms with Crippen molar-refractivity contribution in [2.45, 2.75) is 51.6 Å². The molecule has 0 saturated carbocycles. The Morgan fingerprint density at radius 1 is 1.35 bits per heavy atom. The quantitative estimate of drug-likeness (QED) is 0.774.